The van der Waals surface area contributed by atoms with Gasteiger partial charge in [-0.1, -0.05) is 29.0 Å². The number of hydrogen-bond acceptors (Lipinski definition) is 6. The van der Waals surface area contributed by atoms with Crippen LogP contribution in [0.2, 0.25) is 0 Å². The second-order valence-corrected chi connectivity index (χ2v) is 9.23. The zero-order chi connectivity index (χ0) is 18.0. The molecule has 1 aromatic heterocycles. The number of sulfonamides is 1. The fourth-order valence-electron chi connectivity index (χ4n) is 2.77. The van der Waals surface area contributed by atoms with Crippen LogP contribution in [0.5, 0.6) is 0 Å². The summed E-state index contributed by atoms with van der Waals surface area (Å²) in [5.74, 6) is -0.336. The van der Waals surface area contributed by atoms with Crippen molar-refractivity contribution >= 4 is 32.4 Å². The van der Waals surface area contributed by atoms with Gasteiger partial charge in [-0.25, -0.2) is 8.42 Å². The molecule has 1 aliphatic heterocycles. The Hall–Kier alpha value is -1.84. The van der Waals surface area contributed by atoms with E-state index in [1.807, 2.05) is 13.8 Å². The van der Waals surface area contributed by atoms with E-state index in [-0.39, 0.29) is 11.8 Å². The molecule has 2 aromatic rings. The first kappa shape index (κ1) is 18.0. The van der Waals surface area contributed by atoms with Gasteiger partial charge in [-0.05, 0) is 38.8 Å². The Morgan fingerprint density at radius 1 is 1.16 bits per heavy atom. The van der Waals surface area contributed by atoms with Crippen LogP contribution in [0.3, 0.4) is 0 Å². The Labute approximate surface area is 151 Å². The van der Waals surface area contributed by atoms with E-state index in [4.69, 9.17) is 0 Å². The molecule has 0 spiro atoms. The van der Waals surface area contributed by atoms with Gasteiger partial charge in [0.05, 0.1) is 4.90 Å². The van der Waals surface area contributed by atoms with Crippen molar-refractivity contribution in [2.45, 2.75) is 31.6 Å². The molecule has 9 heteroatoms. The summed E-state index contributed by atoms with van der Waals surface area (Å²) in [6.07, 6.45) is 0.990. The molecular formula is C16H20N4O3S2. The Morgan fingerprint density at radius 3 is 2.36 bits per heavy atom. The molecular weight excluding hydrogens is 360 g/mol. The fraction of sp³-hybridized carbons (Fsp3) is 0.438. The number of rotatable bonds is 4. The van der Waals surface area contributed by atoms with E-state index >= 15 is 0 Å². The number of carbonyl (C=O) groups excluding carboxylic acids is 1. The summed E-state index contributed by atoms with van der Waals surface area (Å²) in [6, 6.07) is 6.83. The molecule has 134 valence electrons. The van der Waals surface area contributed by atoms with Gasteiger partial charge in [0.25, 0.3) is 0 Å². The summed E-state index contributed by atoms with van der Waals surface area (Å²) in [5.41, 5.74) is 1.02. The highest BCUT2D eigenvalue weighted by molar-refractivity contribution is 7.89. The van der Waals surface area contributed by atoms with E-state index in [9.17, 15) is 13.2 Å². The van der Waals surface area contributed by atoms with Crippen molar-refractivity contribution < 1.29 is 13.2 Å². The predicted molar refractivity (Wildman–Crippen MR) is 95.9 cm³/mol. The summed E-state index contributed by atoms with van der Waals surface area (Å²) < 4.78 is 26.8. The van der Waals surface area contributed by atoms with Crippen LogP contribution in [0.25, 0.3) is 0 Å². The molecule has 1 fully saturated rings. The van der Waals surface area contributed by atoms with Gasteiger partial charge in [0.15, 0.2) is 0 Å². The molecule has 0 saturated carbocycles. The lowest BCUT2D eigenvalue weighted by Gasteiger charge is -2.30. The van der Waals surface area contributed by atoms with E-state index in [2.05, 4.69) is 15.5 Å². The molecule has 0 aliphatic carbocycles. The predicted octanol–water partition coefficient (Wildman–Crippen LogP) is 2.19. The van der Waals surface area contributed by atoms with Gasteiger partial charge in [0.2, 0.25) is 21.1 Å². The van der Waals surface area contributed by atoms with Crippen LogP contribution in [0.15, 0.2) is 29.2 Å². The number of nitrogens with zero attached hydrogens (tertiary/aromatic N) is 3. The number of benzene rings is 1. The average molecular weight is 380 g/mol. The number of aryl methyl sites for hydroxylation is 2. The molecule has 0 atom stereocenters. The third-order valence-electron chi connectivity index (χ3n) is 4.24. The summed E-state index contributed by atoms with van der Waals surface area (Å²) in [6.45, 7) is 4.41. The van der Waals surface area contributed by atoms with Gasteiger partial charge in [-0.15, -0.1) is 10.2 Å². The smallest absolute Gasteiger partial charge is 0.243 e. The van der Waals surface area contributed by atoms with Crippen molar-refractivity contribution in [3.05, 3.63) is 34.8 Å². The minimum absolute atomic E-state index is 0.122. The van der Waals surface area contributed by atoms with Crippen LogP contribution in [-0.4, -0.2) is 41.9 Å². The monoisotopic (exact) mass is 380 g/mol. The molecule has 2 heterocycles. The first-order valence-corrected chi connectivity index (χ1v) is 10.3. The van der Waals surface area contributed by atoms with E-state index in [1.165, 1.54) is 15.6 Å². The number of piperidine rings is 1. The number of anilines is 1. The van der Waals surface area contributed by atoms with Gasteiger partial charge in [-0.3, -0.25) is 4.79 Å². The summed E-state index contributed by atoms with van der Waals surface area (Å²) >= 11 is 1.32. The van der Waals surface area contributed by atoms with Crippen molar-refractivity contribution in [1.29, 1.82) is 0 Å². The zero-order valence-corrected chi connectivity index (χ0v) is 15.7. The summed E-state index contributed by atoms with van der Waals surface area (Å²) in [5, 5.41) is 11.8. The summed E-state index contributed by atoms with van der Waals surface area (Å²) in [4.78, 5) is 12.6. The zero-order valence-electron chi connectivity index (χ0n) is 14.1. The van der Waals surface area contributed by atoms with E-state index < -0.39 is 10.0 Å². The maximum Gasteiger partial charge on any atom is 0.243 e. The lowest BCUT2D eigenvalue weighted by molar-refractivity contribution is -0.120. The van der Waals surface area contributed by atoms with Crippen molar-refractivity contribution in [2.24, 2.45) is 5.92 Å². The number of carbonyl (C=O) groups is 1. The highest BCUT2D eigenvalue weighted by Gasteiger charge is 2.32. The number of nitrogens with one attached hydrogen (secondary N) is 1. The topological polar surface area (TPSA) is 92.3 Å². The van der Waals surface area contributed by atoms with Gasteiger partial charge < -0.3 is 5.32 Å². The molecule has 0 unspecified atom stereocenters. The first-order chi connectivity index (χ1) is 11.9. The maximum absolute atomic E-state index is 12.7. The third kappa shape index (κ3) is 4.05. The van der Waals surface area contributed by atoms with Crippen molar-refractivity contribution in [1.82, 2.24) is 14.5 Å². The normalized spacial score (nSPS) is 16.7. The molecule has 1 saturated heterocycles. The van der Waals surface area contributed by atoms with Crippen LogP contribution in [-0.2, 0) is 14.8 Å². The number of amides is 1. The first-order valence-electron chi connectivity index (χ1n) is 8.04. The third-order valence-corrected chi connectivity index (χ3v) is 6.91. The maximum atomic E-state index is 12.7. The second kappa shape index (κ2) is 7.19. The molecule has 1 aromatic carbocycles. The number of aromatic nitrogens is 2. The largest absolute Gasteiger partial charge is 0.300 e. The lowest BCUT2D eigenvalue weighted by Crippen LogP contribution is -2.41. The van der Waals surface area contributed by atoms with Crippen LogP contribution >= 0.6 is 11.3 Å². The average Bonchev–Trinajstić information content (AvgIpc) is 3.00. The summed E-state index contributed by atoms with van der Waals surface area (Å²) in [7, 11) is -3.50. The quantitative estimate of drug-likeness (QED) is 0.878. The van der Waals surface area contributed by atoms with Crippen LogP contribution < -0.4 is 5.32 Å². The van der Waals surface area contributed by atoms with Crippen LogP contribution in [0.4, 0.5) is 5.13 Å². The van der Waals surface area contributed by atoms with Gasteiger partial charge in [0.1, 0.15) is 5.01 Å². The van der Waals surface area contributed by atoms with Crippen molar-refractivity contribution in [3.8, 4) is 0 Å². The Kier molecular flexibility index (Phi) is 5.16. The van der Waals surface area contributed by atoms with Gasteiger partial charge in [-0.2, -0.15) is 4.31 Å². The Morgan fingerprint density at radius 2 is 1.80 bits per heavy atom. The fourth-order valence-corrected chi connectivity index (χ4v) is 4.84. The highest BCUT2D eigenvalue weighted by atomic mass is 32.2. The molecule has 0 bridgehead atoms. The molecule has 25 heavy (non-hydrogen) atoms. The highest BCUT2D eigenvalue weighted by Crippen LogP contribution is 2.25. The lowest BCUT2D eigenvalue weighted by atomic mass is 9.97. The van der Waals surface area contributed by atoms with Gasteiger partial charge >= 0.3 is 0 Å². The minimum Gasteiger partial charge on any atom is -0.300 e. The van der Waals surface area contributed by atoms with Crippen LogP contribution in [0, 0.1) is 19.8 Å². The Bertz CT molecular complexity index is 854. The molecule has 3 rings (SSSR count). The van der Waals surface area contributed by atoms with E-state index in [1.54, 1.807) is 24.3 Å². The van der Waals surface area contributed by atoms with Crippen LogP contribution in [0.1, 0.15) is 23.4 Å². The second-order valence-electron chi connectivity index (χ2n) is 6.11. The van der Waals surface area contributed by atoms with Crippen molar-refractivity contribution in [2.75, 3.05) is 18.4 Å². The number of hydrogen-bond donors (Lipinski definition) is 1. The molecule has 1 amide bonds. The van der Waals surface area contributed by atoms with Crippen molar-refractivity contribution in [3.63, 3.8) is 0 Å². The van der Waals surface area contributed by atoms with E-state index in [0.717, 1.165) is 10.6 Å². The molecule has 1 N–H and O–H groups in total. The Balaban J connectivity index is 1.61. The van der Waals surface area contributed by atoms with E-state index in [0.29, 0.717) is 36.0 Å². The minimum atomic E-state index is -3.50. The molecule has 0 radical (unpaired) electrons. The molecule has 1 aliphatic rings. The standard InChI is InChI=1S/C16H20N4O3S2/c1-11-3-5-14(6-4-11)25(22,23)20-9-7-13(8-10-20)15(21)17-16-19-18-12(2)24-16/h3-6,13H,7-10H2,1-2H3,(H,17,19,21). The SMILES string of the molecule is Cc1ccc(S(=O)(=O)N2CCC(C(=O)Nc3nnc(C)s3)CC2)cc1. The molecule has 7 nitrogen and oxygen atoms in total. The van der Waals surface area contributed by atoms with Gasteiger partial charge in [0, 0.05) is 19.0 Å².